The van der Waals surface area contributed by atoms with Crippen LogP contribution >= 0.6 is 11.6 Å². The van der Waals surface area contributed by atoms with Crippen molar-refractivity contribution in [2.45, 2.75) is 12.5 Å². The third-order valence-electron chi connectivity index (χ3n) is 2.73. The first-order valence-corrected chi connectivity index (χ1v) is 5.87. The molecule has 0 aliphatic carbocycles. The Labute approximate surface area is 110 Å². The van der Waals surface area contributed by atoms with E-state index < -0.39 is 0 Å². The van der Waals surface area contributed by atoms with Crippen LogP contribution in [0.2, 0.25) is 5.02 Å². The van der Waals surface area contributed by atoms with E-state index in [1.54, 1.807) is 16.8 Å². The van der Waals surface area contributed by atoms with Crippen LogP contribution in [0.3, 0.4) is 0 Å². The van der Waals surface area contributed by atoms with Gasteiger partial charge in [-0.1, -0.05) is 17.7 Å². The summed E-state index contributed by atoms with van der Waals surface area (Å²) in [6, 6.07) is 6.22. The fourth-order valence-electron chi connectivity index (χ4n) is 1.77. The Morgan fingerprint density at radius 2 is 2.28 bits per heavy atom. The first kappa shape index (κ1) is 13.0. The van der Waals surface area contributed by atoms with Crippen LogP contribution < -0.4 is 11.3 Å². The van der Waals surface area contributed by atoms with Gasteiger partial charge in [0.15, 0.2) is 0 Å². The van der Waals surface area contributed by atoms with Gasteiger partial charge in [-0.15, -0.1) is 0 Å². The van der Waals surface area contributed by atoms with Crippen LogP contribution in [0.5, 0.6) is 0 Å². The Kier molecular flexibility index (Phi) is 3.96. The van der Waals surface area contributed by atoms with E-state index in [-0.39, 0.29) is 11.9 Å². The third kappa shape index (κ3) is 2.87. The molecule has 1 aromatic carbocycles. The average Bonchev–Trinajstić information content (AvgIpc) is 2.75. The topological polar surface area (TPSA) is 55.9 Å². The highest BCUT2D eigenvalue weighted by molar-refractivity contribution is 6.30. The van der Waals surface area contributed by atoms with Crippen molar-refractivity contribution in [1.82, 2.24) is 15.2 Å². The van der Waals surface area contributed by atoms with Crippen LogP contribution in [0.25, 0.3) is 0 Å². The van der Waals surface area contributed by atoms with Crippen molar-refractivity contribution in [3.8, 4) is 0 Å². The number of hydrogen-bond donors (Lipinski definition) is 2. The zero-order valence-corrected chi connectivity index (χ0v) is 10.7. The quantitative estimate of drug-likeness (QED) is 0.658. The van der Waals surface area contributed by atoms with E-state index in [4.69, 9.17) is 17.4 Å². The van der Waals surface area contributed by atoms with Crippen molar-refractivity contribution in [3.05, 3.63) is 52.6 Å². The minimum absolute atomic E-state index is 0.234. The minimum Gasteiger partial charge on any atom is -0.275 e. The van der Waals surface area contributed by atoms with Gasteiger partial charge in [0.1, 0.15) is 5.82 Å². The lowest BCUT2D eigenvalue weighted by Gasteiger charge is -2.14. The van der Waals surface area contributed by atoms with Gasteiger partial charge in [0.2, 0.25) is 0 Å². The van der Waals surface area contributed by atoms with Crippen molar-refractivity contribution < 1.29 is 4.39 Å². The summed E-state index contributed by atoms with van der Waals surface area (Å²) in [5.41, 5.74) is 3.97. The number of nitrogens with two attached hydrogens (primary N) is 1. The number of nitrogens with zero attached hydrogens (tertiary/aromatic N) is 2. The molecule has 0 saturated heterocycles. The number of rotatable bonds is 4. The molecule has 0 aliphatic rings. The molecule has 4 nitrogen and oxygen atoms in total. The zero-order chi connectivity index (χ0) is 13.1. The molecule has 0 fully saturated rings. The SMILES string of the molecule is Cn1ccc(C(Cc2ccc(Cl)cc2F)NN)n1. The number of aromatic nitrogens is 2. The van der Waals surface area contributed by atoms with E-state index in [1.807, 2.05) is 19.3 Å². The summed E-state index contributed by atoms with van der Waals surface area (Å²) in [4.78, 5) is 0. The van der Waals surface area contributed by atoms with Gasteiger partial charge in [0, 0.05) is 18.3 Å². The van der Waals surface area contributed by atoms with E-state index >= 15 is 0 Å². The lowest BCUT2D eigenvalue weighted by atomic mass is 10.0. The number of halogens is 2. The molecule has 0 bridgehead atoms. The van der Waals surface area contributed by atoms with E-state index in [0.717, 1.165) is 5.69 Å². The Bertz CT molecular complexity index is 541. The molecule has 0 radical (unpaired) electrons. The normalized spacial score (nSPS) is 12.7. The fourth-order valence-corrected chi connectivity index (χ4v) is 1.93. The Morgan fingerprint density at radius 3 is 2.83 bits per heavy atom. The molecule has 96 valence electrons. The Balaban J connectivity index is 2.20. The number of benzene rings is 1. The third-order valence-corrected chi connectivity index (χ3v) is 2.97. The van der Waals surface area contributed by atoms with Crippen molar-refractivity contribution in [1.29, 1.82) is 0 Å². The first-order chi connectivity index (χ1) is 8.60. The maximum atomic E-state index is 13.7. The first-order valence-electron chi connectivity index (χ1n) is 5.49. The van der Waals surface area contributed by atoms with Crippen LogP contribution in [-0.2, 0) is 13.5 Å². The second-order valence-corrected chi connectivity index (χ2v) is 4.51. The van der Waals surface area contributed by atoms with E-state index in [1.165, 1.54) is 6.07 Å². The predicted octanol–water partition coefficient (Wildman–Crippen LogP) is 1.96. The van der Waals surface area contributed by atoms with Gasteiger partial charge in [0.25, 0.3) is 0 Å². The van der Waals surface area contributed by atoms with Crippen LogP contribution in [-0.4, -0.2) is 9.78 Å². The van der Waals surface area contributed by atoms with E-state index in [9.17, 15) is 4.39 Å². The Hall–Kier alpha value is -1.43. The van der Waals surface area contributed by atoms with Crippen LogP contribution in [0.1, 0.15) is 17.3 Å². The lowest BCUT2D eigenvalue weighted by Crippen LogP contribution is -2.30. The molecular formula is C12H14ClFN4. The summed E-state index contributed by atoms with van der Waals surface area (Å²) in [5, 5.41) is 4.63. The molecule has 1 aromatic heterocycles. The molecule has 0 saturated carbocycles. The molecule has 2 rings (SSSR count). The zero-order valence-electron chi connectivity index (χ0n) is 9.90. The highest BCUT2D eigenvalue weighted by atomic mass is 35.5. The average molecular weight is 269 g/mol. The summed E-state index contributed by atoms with van der Waals surface area (Å²) < 4.78 is 15.4. The highest BCUT2D eigenvalue weighted by Gasteiger charge is 2.15. The number of aryl methyl sites for hydroxylation is 1. The maximum Gasteiger partial charge on any atom is 0.127 e. The van der Waals surface area contributed by atoms with Crippen molar-refractivity contribution >= 4 is 11.6 Å². The van der Waals surface area contributed by atoms with Crippen molar-refractivity contribution in [2.75, 3.05) is 0 Å². The second kappa shape index (κ2) is 5.48. The fraction of sp³-hybridized carbons (Fsp3) is 0.250. The minimum atomic E-state index is -0.335. The molecule has 1 atom stereocenters. The molecule has 2 aromatic rings. The van der Waals surface area contributed by atoms with Gasteiger partial charge >= 0.3 is 0 Å². The largest absolute Gasteiger partial charge is 0.275 e. The molecule has 0 aliphatic heterocycles. The molecule has 1 unspecified atom stereocenters. The van der Waals surface area contributed by atoms with Gasteiger partial charge in [-0.3, -0.25) is 16.0 Å². The van der Waals surface area contributed by atoms with Gasteiger partial charge in [-0.05, 0) is 30.2 Å². The number of nitrogens with one attached hydrogen (secondary N) is 1. The highest BCUT2D eigenvalue weighted by Crippen LogP contribution is 2.20. The number of hydrazine groups is 1. The molecule has 1 heterocycles. The Morgan fingerprint density at radius 1 is 1.50 bits per heavy atom. The van der Waals surface area contributed by atoms with Gasteiger partial charge in [-0.25, -0.2) is 4.39 Å². The number of hydrogen-bond acceptors (Lipinski definition) is 3. The standard InChI is InChI=1S/C12H14ClFN4/c1-18-5-4-11(17-18)12(16-15)6-8-2-3-9(13)7-10(8)14/h2-5,7,12,16H,6,15H2,1H3. The van der Waals surface area contributed by atoms with Crippen molar-refractivity contribution in [3.63, 3.8) is 0 Å². The van der Waals surface area contributed by atoms with Crippen molar-refractivity contribution in [2.24, 2.45) is 12.9 Å². The van der Waals surface area contributed by atoms with Gasteiger partial charge in [-0.2, -0.15) is 5.10 Å². The molecule has 3 N–H and O–H groups in total. The van der Waals surface area contributed by atoms with Gasteiger partial charge in [0.05, 0.1) is 11.7 Å². The molecule has 0 amide bonds. The molecular weight excluding hydrogens is 255 g/mol. The summed E-state index contributed by atoms with van der Waals surface area (Å²) in [6.07, 6.45) is 2.23. The smallest absolute Gasteiger partial charge is 0.127 e. The van der Waals surface area contributed by atoms with Crippen LogP contribution in [0, 0.1) is 5.82 Å². The lowest BCUT2D eigenvalue weighted by molar-refractivity contribution is 0.512. The van der Waals surface area contributed by atoms with E-state index in [2.05, 4.69) is 10.5 Å². The van der Waals surface area contributed by atoms with E-state index in [0.29, 0.717) is 17.0 Å². The molecule has 6 heteroatoms. The van der Waals surface area contributed by atoms with Crippen LogP contribution in [0.15, 0.2) is 30.5 Å². The van der Waals surface area contributed by atoms with Gasteiger partial charge < -0.3 is 0 Å². The maximum absolute atomic E-state index is 13.7. The monoisotopic (exact) mass is 268 g/mol. The summed E-state index contributed by atoms with van der Waals surface area (Å²) >= 11 is 5.71. The summed E-state index contributed by atoms with van der Waals surface area (Å²) in [6.45, 7) is 0. The molecule has 0 spiro atoms. The molecule has 18 heavy (non-hydrogen) atoms. The predicted molar refractivity (Wildman–Crippen MR) is 68.4 cm³/mol. The van der Waals surface area contributed by atoms with Crippen LogP contribution in [0.4, 0.5) is 4.39 Å². The summed E-state index contributed by atoms with van der Waals surface area (Å²) in [7, 11) is 1.82. The second-order valence-electron chi connectivity index (χ2n) is 4.07. The summed E-state index contributed by atoms with van der Waals surface area (Å²) in [5.74, 6) is 5.16.